The first kappa shape index (κ1) is 20.3. The van der Waals surface area contributed by atoms with Crippen LogP contribution in [0.4, 0.5) is 11.4 Å². The summed E-state index contributed by atoms with van der Waals surface area (Å²) in [6, 6.07) is 13.1. The molecule has 2 aliphatic rings. The van der Waals surface area contributed by atoms with Gasteiger partial charge in [-0.15, -0.1) is 0 Å². The fraction of sp³-hybridized carbons (Fsp3) is 0.318. The second-order valence-electron chi connectivity index (χ2n) is 6.92. The lowest BCUT2D eigenvalue weighted by Gasteiger charge is -2.13. The molecule has 1 N–H and O–H groups in total. The van der Waals surface area contributed by atoms with Crippen molar-refractivity contribution in [2.45, 2.75) is 31.9 Å². The van der Waals surface area contributed by atoms with E-state index >= 15 is 0 Å². The highest BCUT2D eigenvalue weighted by molar-refractivity contribution is 8.15. The molecule has 1 unspecified atom stereocenters. The van der Waals surface area contributed by atoms with Gasteiger partial charge in [-0.25, -0.2) is 4.99 Å². The maximum atomic E-state index is 12.8. The summed E-state index contributed by atoms with van der Waals surface area (Å²) in [5.74, 6) is 1.03. The summed E-state index contributed by atoms with van der Waals surface area (Å²) in [5.41, 5.74) is 2.61. The van der Waals surface area contributed by atoms with Crippen LogP contribution in [-0.4, -0.2) is 40.5 Å². The fourth-order valence-electron chi connectivity index (χ4n) is 3.29. The highest BCUT2D eigenvalue weighted by Crippen LogP contribution is 2.37. The predicted molar refractivity (Wildman–Crippen MR) is 117 cm³/mol. The number of carbonyl (C=O) groups is 2. The SMILES string of the molecule is CCc1ccc(NC(=O)CC2SC(=Nc3ccc4c(c3)OCO4)N(CC)C2=O)cc1. The molecule has 1 atom stereocenters. The third kappa shape index (κ3) is 4.28. The van der Waals surface area contributed by atoms with Crippen LogP contribution in [0.1, 0.15) is 25.8 Å². The van der Waals surface area contributed by atoms with Crippen molar-refractivity contribution in [2.75, 3.05) is 18.7 Å². The van der Waals surface area contributed by atoms with Crippen molar-refractivity contribution in [1.82, 2.24) is 4.90 Å². The molecule has 8 heteroatoms. The van der Waals surface area contributed by atoms with Crippen molar-refractivity contribution < 1.29 is 19.1 Å². The molecule has 0 radical (unpaired) electrons. The van der Waals surface area contributed by atoms with E-state index in [1.54, 1.807) is 17.0 Å². The molecule has 2 aromatic carbocycles. The van der Waals surface area contributed by atoms with Crippen molar-refractivity contribution in [3.8, 4) is 11.5 Å². The number of hydrogen-bond donors (Lipinski definition) is 1. The number of anilines is 1. The van der Waals surface area contributed by atoms with E-state index in [2.05, 4.69) is 17.2 Å². The van der Waals surface area contributed by atoms with Crippen molar-refractivity contribution >= 4 is 40.1 Å². The second kappa shape index (κ2) is 8.79. The summed E-state index contributed by atoms with van der Waals surface area (Å²) in [6.07, 6.45) is 1.04. The Morgan fingerprint density at radius 1 is 1.17 bits per heavy atom. The molecule has 0 aliphatic carbocycles. The average Bonchev–Trinajstić information content (AvgIpc) is 3.32. The minimum atomic E-state index is -0.493. The largest absolute Gasteiger partial charge is 0.454 e. The number of carbonyl (C=O) groups excluding carboxylic acids is 2. The number of nitrogens with zero attached hydrogens (tertiary/aromatic N) is 2. The lowest BCUT2D eigenvalue weighted by Crippen LogP contribution is -2.33. The van der Waals surface area contributed by atoms with Crippen LogP contribution in [0.3, 0.4) is 0 Å². The van der Waals surface area contributed by atoms with Gasteiger partial charge in [-0.05, 0) is 43.2 Å². The van der Waals surface area contributed by atoms with E-state index in [1.807, 2.05) is 37.3 Å². The number of benzene rings is 2. The first-order valence-corrected chi connectivity index (χ1v) is 10.8. The lowest BCUT2D eigenvalue weighted by atomic mass is 10.1. The Bertz CT molecular complexity index is 990. The van der Waals surface area contributed by atoms with Crippen LogP contribution in [-0.2, 0) is 16.0 Å². The molecule has 4 rings (SSSR count). The van der Waals surface area contributed by atoms with Crippen LogP contribution in [0.5, 0.6) is 11.5 Å². The number of hydrogen-bond acceptors (Lipinski definition) is 6. The van der Waals surface area contributed by atoms with Gasteiger partial charge in [0.25, 0.3) is 0 Å². The number of thioether (sulfide) groups is 1. The Morgan fingerprint density at radius 3 is 2.67 bits per heavy atom. The van der Waals surface area contributed by atoms with Gasteiger partial charge in [0.05, 0.1) is 5.69 Å². The number of amides is 2. The molecule has 0 aromatic heterocycles. The summed E-state index contributed by atoms with van der Waals surface area (Å²) in [4.78, 5) is 31.5. The summed E-state index contributed by atoms with van der Waals surface area (Å²) >= 11 is 1.32. The standard InChI is InChI=1S/C22H23N3O4S/c1-3-14-5-7-15(8-6-14)23-20(26)12-19-21(27)25(4-2)22(30-19)24-16-9-10-17-18(11-16)29-13-28-17/h5-11,19H,3-4,12-13H2,1-2H3,(H,23,26). The van der Waals surface area contributed by atoms with Gasteiger partial charge >= 0.3 is 0 Å². The Balaban J connectivity index is 1.44. The van der Waals surface area contributed by atoms with Gasteiger partial charge in [0, 0.05) is 24.7 Å². The Labute approximate surface area is 179 Å². The van der Waals surface area contributed by atoms with Crippen LogP contribution in [0, 0.1) is 0 Å². The van der Waals surface area contributed by atoms with Gasteiger partial charge in [0.15, 0.2) is 16.7 Å². The van der Waals surface area contributed by atoms with E-state index in [9.17, 15) is 9.59 Å². The number of aliphatic imine (C=N–C) groups is 1. The smallest absolute Gasteiger partial charge is 0.242 e. The van der Waals surface area contributed by atoms with E-state index in [-0.39, 0.29) is 25.0 Å². The highest BCUT2D eigenvalue weighted by atomic mass is 32.2. The molecule has 1 fully saturated rings. The molecule has 0 saturated carbocycles. The summed E-state index contributed by atoms with van der Waals surface area (Å²) < 4.78 is 10.7. The van der Waals surface area contributed by atoms with Crippen LogP contribution in [0.25, 0.3) is 0 Å². The Morgan fingerprint density at radius 2 is 1.93 bits per heavy atom. The molecule has 0 bridgehead atoms. The van der Waals surface area contributed by atoms with Crippen LogP contribution >= 0.6 is 11.8 Å². The molecule has 30 heavy (non-hydrogen) atoms. The zero-order chi connectivity index (χ0) is 21.1. The summed E-state index contributed by atoms with van der Waals surface area (Å²) in [5, 5.41) is 2.97. The molecule has 7 nitrogen and oxygen atoms in total. The topological polar surface area (TPSA) is 80.2 Å². The molecule has 2 aliphatic heterocycles. The normalized spacial score (nSPS) is 18.9. The van der Waals surface area contributed by atoms with Crippen molar-refractivity contribution in [2.24, 2.45) is 4.99 Å². The highest BCUT2D eigenvalue weighted by Gasteiger charge is 2.38. The number of rotatable bonds is 6. The minimum absolute atomic E-state index is 0.0929. The second-order valence-corrected chi connectivity index (χ2v) is 8.09. The van der Waals surface area contributed by atoms with Gasteiger partial charge in [0.2, 0.25) is 18.6 Å². The molecule has 156 valence electrons. The third-order valence-electron chi connectivity index (χ3n) is 4.93. The van der Waals surface area contributed by atoms with Gasteiger partial charge < -0.3 is 14.8 Å². The van der Waals surface area contributed by atoms with Crippen molar-refractivity contribution in [3.63, 3.8) is 0 Å². The third-order valence-corrected chi connectivity index (χ3v) is 6.11. The molecule has 2 amide bonds. The molecule has 0 spiro atoms. The fourth-order valence-corrected chi connectivity index (χ4v) is 4.51. The minimum Gasteiger partial charge on any atom is -0.454 e. The number of nitrogens with one attached hydrogen (secondary N) is 1. The molecular formula is C22H23N3O4S. The van der Waals surface area contributed by atoms with E-state index in [4.69, 9.17) is 9.47 Å². The zero-order valence-electron chi connectivity index (χ0n) is 16.9. The van der Waals surface area contributed by atoms with Crippen molar-refractivity contribution in [3.05, 3.63) is 48.0 Å². The van der Waals surface area contributed by atoms with E-state index in [0.717, 1.165) is 12.1 Å². The van der Waals surface area contributed by atoms with Gasteiger partial charge in [-0.1, -0.05) is 30.8 Å². The van der Waals surface area contributed by atoms with Gasteiger partial charge in [-0.2, -0.15) is 0 Å². The Hall–Kier alpha value is -3.00. The maximum absolute atomic E-state index is 12.8. The zero-order valence-corrected chi connectivity index (χ0v) is 17.7. The number of amidine groups is 1. The molecule has 2 aromatic rings. The van der Waals surface area contributed by atoms with Crippen LogP contribution in [0.2, 0.25) is 0 Å². The van der Waals surface area contributed by atoms with Crippen molar-refractivity contribution in [1.29, 1.82) is 0 Å². The molecule has 2 heterocycles. The first-order chi connectivity index (χ1) is 14.6. The summed E-state index contributed by atoms with van der Waals surface area (Å²) in [6.45, 7) is 4.66. The van der Waals surface area contributed by atoms with Crippen LogP contribution in [0.15, 0.2) is 47.5 Å². The van der Waals surface area contributed by atoms with E-state index < -0.39 is 5.25 Å². The van der Waals surface area contributed by atoms with Crippen LogP contribution < -0.4 is 14.8 Å². The average molecular weight is 426 g/mol. The number of aryl methyl sites for hydroxylation is 1. The maximum Gasteiger partial charge on any atom is 0.242 e. The van der Waals surface area contributed by atoms with Gasteiger partial charge in [0.1, 0.15) is 5.25 Å². The molecular weight excluding hydrogens is 402 g/mol. The van der Waals surface area contributed by atoms with Gasteiger partial charge in [-0.3, -0.25) is 14.5 Å². The quantitative estimate of drug-likeness (QED) is 0.758. The predicted octanol–water partition coefficient (Wildman–Crippen LogP) is 3.96. The summed E-state index contributed by atoms with van der Waals surface area (Å²) in [7, 11) is 0. The first-order valence-electron chi connectivity index (χ1n) is 9.92. The number of ether oxygens (including phenoxy) is 2. The van der Waals surface area contributed by atoms with E-state index in [1.165, 1.54) is 17.3 Å². The Kier molecular flexibility index (Phi) is 5.94. The molecule has 1 saturated heterocycles. The lowest BCUT2D eigenvalue weighted by molar-refractivity contribution is -0.128. The number of fused-ring (bicyclic) bond motifs is 1. The van der Waals surface area contributed by atoms with E-state index in [0.29, 0.717) is 28.9 Å². The monoisotopic (exact) mass is 425 g/mol.